The van der Waals surface area contributed by atoms with Crippen LogP contribution in [0, 0.1) is 6.92 Å². The Bertz CT molecular complexity index is 288. The third-order valence-corrected chi connectivity index (χ3v) is 3.21. The van der Waals surface area contributed by atoms with Gasteiger partial charge in [0.2, 0.25) is 0 Å². The normalized spacial score (nSPS) is 11.1. The molecule has 0 atom stereocenters. The highest BCUT2D eigenvalue weighted by Crippen LogP contribution is 2.02. The number of rotatable bonds is 8. The summed E-state index contributed by atoms with van der Waals surface area (Å²) in [6.45, 7) is 12.2. The topological polar surface area (TPSA) is 15.3 Å². The van der Waals surface area contributed by atoms with Crippen molar-refractivity contribution in [1.82, 2.24) is 10.2 Å². The van der Waals surface area contributed by atoms with E-state index in [0.29, 0.717) is 0 Å². The van der Waals surface area contributed by atoms with Crippen LogP contribution in [0.25, 0.3) is 0 Å². The molecule has 0 radical (unpaired) electrons. The molecule has 0 fully saturated rings. The largest absolute Gasteiger partial charge is 0.315 e. The number of hydrogen-bond donors (Lipinski definition) is 1. The average molecular weight is 234 g/mol. The first-order valence-corrected chi connectivity index (χ1v) is 6.74. The van der Waals surface area contributed by atoms with Crippen LogP contribution in [0.3, 0.4) is 0 Å². The summed E-state index contributed by atoms with van der Waals surface area (Å²) in [4.78, 5) is 2.44. The Hall–Kier alpha value is -0.860. The smallest absolute Gasteiger partial charge is 0.0107 e. The van der Waals surface area contributed by atoms with Crippen molar-refractivity contribution in [1.29, 1.82) is 0 Å². The fourth-order valence-electron chi connectivity index (χ4n) is 1.89. The highest BCUT2D eigenvalue weighted by Gasteiger charge is 1.97. The summed E-state index contributed by atoms with van der Waals surface area (Å²) in [6, 6.07) is 8.82. The monoisotopic (exact) mass is 234 g/mol. The fourth-order valence-corrected chi connectivity index (χ4v) is 1.89. The van der Waals surface area contributed by atoms with Gasteiger partial charge in [0.05, 0.1) is 0 Å². The molecule has 17 heavy (non-hydrogen) atoms. The van der Waals surface area contributed by atoms with E-state index in [1.165, 1.54) is 11.1 Å². The molecule has 1 N–H and O–H groups in total. The van der Waals surface area contributed by atoms with Gasteiger partial charge in [-0.2, -0.15) is 0 Å². The third-order valence-electron chi connectivity index (χ3n) is 3.21. The molecular formula is C15H26N2. The van der Waals surface area contributed by atoms with Gasteiger partial charge in [-0.3, -0.25) is 0 Å². The third kappa shape index (κ3) is 5.85. The van der Waals surface area contributed by atoms with Crippen molar-refractivity contribution in [3.05, 3.63) is 35.4 Å². The van der Waals surface area contributed by atoms with E-state index in [2.05, 4.69) is 55.3 Å². The lowest BCUT2D eigenvalue weighted by Crippen LogP contribution is -2.32. The van der Waals surface area contributed by atoms with Crippen LogP contribution in [-0.2, 0) is 6.42 Å². The van der Waals surface area contributed by atoms with Crippen molar-refractivity contribution in [3.8, 4) is 0 Å². The second kappa shape index (κ2) is 8.26. The Kier molecular flexibility index (Phi) is 6.90. The van der Waals surface area contributed by atoms with Crippen molar-refractivity contribution in [2.45, 2.75) is 27.2 Å². The lowest BCUT2D eigenvalue weighted by atomic mass is 10.1. The SMILES string of the molecule is CCN(CC)CCNCCc1ccc(C)cc1. The number of hydrogen-bond acceptors (Lipinski definition) is 2. The first-order valence-electron chi connectivity index (χ1n) is 6.74. The zero-order valence-electron chi connectivity index (χ0n) is 11.5. The van der Waals surface area contributed by atoms with E-state index in [1.807, 2.05) is 0 Å². The van der Waals surface area contributed by atoms with Gasteiger partial charge in [-0.15, -0.1) is 0 Å². The van der Waals surface area contributed by atoms with Crippen LogP contribution in [0.2, 0.25) is 0 Å². The summed E-state index contributed by atoms with van der Waals surface area (Å²) in [5.74, 6) is 0. The van der Waals surface area contributed by atoms with Crippen molar-refractivity contribution < 1.29 is 0 Å². The van der Waals surface area contributed by atoms with Gasteiger partial charge in [0.25, 0.3) is 0 Å². The molecule has 0 spiro atoms. The van der Waals surface area contributed by atoms with E-state index in [1.54, 1.807) is 0 Å². The molecular weight excluding hydrogens is 208 g/mol. The summed E-state index contributed by atoms with van der Waals surface area (Å²) in [7, 11) is 0. The molecule has 0 amide bonds. The molecule has 0 aromatic heterocycles. The Morgan fingerprint density at radius 3 is 2.24 bits per heavy atom. The second-order valence-electron chi connectivity index (χ2n) is 4.51. The molecule has 1 aromatic rings. The van der Waals surface area contributed by atoms with E-state index >= 15 is 0 Å². The zero-order valence-corrected chi connectivity index (χ0v) is 11.5. The minimum absolute atomic E-state index is 1.07. The maximum atomic E-state index is 3.51. The molecule has 0 saturated carbocycles. The molecule has 96 valence electrons. The Balaban J connectivity index is 2.10. The summed E-state index contributed by atoms with van der Waals surface area (Å²) < 4.78 is 0. The van der Waals surface area contributed by atoms with Crippen LogP contribution in [0.15, 0.2) is 24.3 Å². The Labute approximate surface area is 106 Å². The van der Waals surface area contributed by atoms with Crippen molar-refractivity contribution >= 4 is 0 Å². The molecule has 0 bridgehead atoms. The van der Waals surface area contributed by atoms with E-state index in [-0.39, 0.29) is 0 Å². The van der Waals surface area contributed by atoms with Crippen molar-refractivity contribution in [2.75, 3.05) is 32.7 Å². The zero-order chi connectivity index (χ0) is 12.5. The number of nitrogens with zero attached hydrogens (tertiary/aromatic N) is 1. The number of likely N-dealkylation sites (N-methyl/N-ethyl adjacent to an activating group) is 1. The van der Waals surface area contributed by atoms with Crippen molar-refractivity contribution in [3.63, 3.8) is 0 Å². The molecule has 1 aromatic carbocycles. The van der Waals surface area contributed by atoms with Gasteiger partial charge >= 0.3 is 0 Å². The Morgan fingerprint density at radius 1 is 1.00 bits per heavy atom. The van der Waals surface area contributed by atoms with Gasteiger partial charge < -0.3 is 10.2 Å². The van der Waals surface area contributed by atoms with E-state index in [4.69, 9.17) is 0 Å². The van der Waals surface area contributed by atoms with Crippen LogP contribution >= 0.6 is 0 Å². The number of benzene rings is 1. The van der Waals surface area contributed by atoms with Gasteiger partial charge in [-0.25, -0.2) is 0 Å². The second-order valence-corrected chi connectivity index (χ2v) is 4.51. The molecule has 0 heterocycles. The minimum atomic E-state index is 1.07. The van der Waals surface area contributed by atoms with Crippen LogP contribution in [0.4, 0.5) is 0 Å². The van der Waals surface area contributed by atoms with Gasteiger partial charge in [0.15, 0.2) is 0 Å². The molecule has 2 nitrogen and oxygen atoms in total. The molecule has 0 aliphatic carbocycles. The van der Waals surface area contributed by atoms with E-state index in [0.717, 1.165) is 39.1 Å². The quantitative estimate of drug-likeness (QED) is 0.695. The first kappa shape index (κ1) is 14.2. The number of nitrogens with one attached hydrogen (secondary N) is 1. The summed E-state index contributed by atoms with van der Waals surface area (Å²) in [5.41, 5.74) is 2.76. The van der Waals surface area contributed by atoms with Crippen LogP contribution in [0.5, 0.6) is 0 Å². The van der Waals surface area contributed by atoms with Gasteiger partial charge in [-0.05, 0) is 38.5 Å². The highest BCUT2D eigenvalue weighted by molar-refractivity contribution is 5.21. The Morgan fingerprint density at radius 2 is 1.65 bits per heavy atom. The fraction of sp³-hybridized carbons (Fsp3) is 0.600. The van der Waals surface area contributed by atoms with Gasteiger partial charge in [-0.1, -0.05) is 43.7 Å². The summed E-state index contributed by atoms with van der Waals surface area (Å²) in [5, 5.41) is 3.51. The summed E-state index contributed by atoms with van der Waals surface area (Å²) in [6.07, 6.45) is 1.12. The minimum Gasteiger partial charge on any atom is -0.315 e. The lowest BCUT2D eigenvalue weighted by molar-refractivity contribution is 0.303. The first-order chi connectivity index (χ1) is 8.26. The molecule has 2 heteroatoms. The summed E-state index contributed by atoms with van der Waals surface area (Å²) >= 11 is 0. The van der Waals surface area contributed by atoms with Crippen LogP contribution < -0.4 is 5.32 Å². The van der Waals surface area contributed by atoms with Gasteiger partial charge in [0.1, 0.15) is 0 Å². The average Bonchev–Trinajstić information content (AvgIpc) is 2.36. The predicted octanol–water partition coefficient (Wildman–Crippen LogP) is 2.47. The van der Waals surface area contributed by atoms with E-state index < -0.39 is 0 Å². The van der Waals surface area contributed by atoms with Crippen LogP contribution in [-0.4, -0.2) is 37.6 Å². The van der Waals surface area contributed by atoms with E-state index in [9.17, 15) is 0 Å². The molecule has 0 aliphatic rings. The maximum Gasteiger partial charge on any atom is 0.0107 e. The highest BCUT2D eigenvalue weighted by atomic mass is 15.1. The maximum absolute atomic E-state index is 3.51. The number of aryl methyl sites for hydroxylation is 1. The molecule has 1 rings (SSSR count). The molecule has 0 aliphatic heterocycles. The van der Waals surface area contributed by atoms with Gasteiger partial charge in [0, 0.05) is 13.1 Å². The lowest BCUT2D eigenvalue weighted by Gasteiger charge is -2.17. The van der Waals surface area contributed by atoms with Crippen LogP contribution in [0.1, 0.15) is 25.0 Å². The predicted molar refractivity (Wildman–Crippen MR) is 75.5 cm³/mol. The molecule has 0 unspecified atom stereocenters. The van der Waals surface area contributed by atoms with Crippen molar-refractivity contribution in [2.24, 2.45) is 0 Å². The standard InChI is InChI=1S/C15H26N2/c1-4-17(5-2)13-12-16-11-10-15-8-6-14(3)7-9-15/h6-9,16H,4-5,10-13H2,1-3H3. The molecule has 0 saturated heterocycles.